The van der Waals surface area contributed by atoms with Gasteiger partial charge in [0.1, 0.15) is 5.82 Å². The molecule has 0 saturated heterocycles. The first-order chi connectivity index (χ1) is 9.69. The van der Waals surface area contributed by atoms with Gasteiger partial charge in [-0.1, -0.05) is 18.2 Å². The number of nitrogens with one attached hydrogen (secondary N) is 1. The zero-order valence-electron chi connectivity index (χ0n) is 10.9. The lowest BCUT2D eigenvalue weighted by molar-refractivity contribution is -0.0936. The van der Waals surface area contributed by atoms with E-state index in [1.54, 1.807) is 31.2 Å². The van der Waals surface area contributed by atoms with E-state index in [0.717, 1.165) is 11.5 Å². The van der Waals surface area contributed by atoms with E-state index < -0.39 is 6.29 Å². The summed E-state index contributed by atoms with van der Waals surface area (Å²) in [6.45, 7) is 2.21. The number of rotatable bonds is 6. The van der Waals surface area contributed by atoms with Crippen LogP contribution in [0.4, 0.5) is 5.13 Å². The Labute approximate surface area is 120 Å². The van der Waals surface area contributed by atoms with E-state index >= 15 is 0 Å². The first kappa shape index (κ1) is 14.6. The van der Waals surface area contributed by atoms with Crippen molar-refractivity contribution in [3.63, 3.8) is 0 Å². The van der Waals surface area contributed by atoms with Crippen LogP contribution in [0.1, 0.15) is 23.1 Å². The molecular weight excluding hydrogens is 278 g/mol. The van der Waals surface area contributed by atoms with Gasteiger partial charge >= 0.3 is 0 Å². The van der Waals surface area contributed by atoms with Crippen LogP contribution in [0.2, 0.25) is 0 Å². The molecule has 1 aromatic carbocycles. The number of hydrogen-bond acceptors (Lipinski definition) is 6. The van der Waals surface area contributed by atoms with E-state index in [9.17, 15) is 9.90 Å². The zero-order valence-corrected chi connectivity index (χ0v) is 11.8. The number of ether oxygens (including phenoxy) is 1. The summed E-state index contributed by atoms with van der Waals surface area (Å²) in [5.41, 5.74) is 0.554. The lowest BCUT2D eigenvalue weighted by Gasteiger charge is -2.06. The van der Waals surface area contributed by atoms with Crippen LogP contribution in [0.25, 0.3) is 0 Å². The van der Waals surface area contributed by atoms with Gasteiger partial charge in [-0.05, 0) is 19.1 Å². The second kappa shape index (κ2) is 7.09. The molecule has 20 heavy (non-hydrogen) atoms. The molecule has 0 spiro atoms. The average Bonchev–Trinajstić information content (AvgIpc) is 2.87. The van der Waals surface area contributed by atoms with Gasteiger partial charge in [-0.2, -0.15) is 4.37 Å². The quantitative estimate of drug-likeness (QED) is 0.792. The number of aliphatic hydroxyl groups is 1. The van der Waals surface area contributed by atoms with Crippen LogP contribution in [0, 0.1) is 0 Å². The largest absolute Gasteiger partial charge is 0.368 e. The Kier molecular flexibility index (Phi) is 5.16. The van der Waals surface area contributed by atoms with E-state index in [-0.39, 0.29) is 12.3 Å². The third kappa shape index (κ3) is 4.09. The van der Waals surface area contributed by atoms with Crippen molar-refractivity contribution in [2.45, 2.75) is 19.6 Å². The van der Waals surface area contributed by atoms with E-state index in [1.807, 2.05) is 6.07 Å². The standard InChI is InChI=1S/C13H15N3O3S/c1-2-19-11(17)8-10-14-13(20-16-10)15-12(18)9-6-4-3-5-7-9/h3-7,11,17H,2,8H2,1H3,(H,14,15,16,18). The molecule has 1 unspecified atom stereocenters. The molecule has 6 nitrogen and oxygen atoms in total. The molecule has 2 N–H and O–H groups in total. The van der Waals surface area contributed by atoms with Gasteiger partial charge in [-0.15, -0.1) is 0 Å². The molecule has 0 aliphatic rings. The van der Waals surface area contributed by atoms with Crippen LogP contribution < -0.4 is 5.32 Å². The van der Waals surface area contributed by atoms with E-state index in [0.29, 0.717) is 23.1 Å². The van der Waals surface area contributed by atoms with Gasteiger partial charge in [0.05, 0.1) is 6.42 Å². The third-order valence-electron chi connectivity index (χ3n) is 2.44. The molecule has 1 amide bonds. The first-order valence-corrected chi connectivity index (χ1v) is 6.95. The molecule has 0 bridgehead atoms. The molecule has 1 atom stereocenters. The number of hydrogen-bond donors (Lipinski definition) is 2. The van der Waals surface area contributed by atoms with E-state index in [2.05, 4.69) is 14.7 Å². The van der Waals surface area contributed by atoms with Crippen molar-refractivity contribution in [3.8, 4) is 0 Å². The number of carbonyl (C=O) groups excluding carboxylic acids is 1. The summed E-state index contributed by atoms with van der Waals surface area (Å²) >= 11 is 1.07. The van der Waals surface area contributed by atoms with Crippen LogP contribution in [0.3, 0.4) is 0 Å². The van der Waals surface area contributed by atoms with Gasteiger partial charge in [0, 0.05) is 23.7 Å². The molecule has 1 heterocycles. The van der Waals surface area contributed by atoms with Crippen molar-refractivity contribution >= 4 is 22.6 Å². The Hall–Kier alpha value is -1.83. The summed E-state index contributed by atoms with van der Waals surface area (Å²) in [6.07, 6.45) is -0.724. The van der Waals surface area contributed by atoms with Crippen molar-refractivity contribution in [3.05, 3.63) is 41.7 Å². The van der Waals surface area contributed by atoms with Gasteiger partial charge in [-0.3, -0.25) is 10.1 Å². The van der Waals surface area contributed by atoms with Gasteiger partial charge in [0.15, 0.2) is 6.29 Å². The number of aliphatic hydroxyl groups excluding tert-OH is 1. The number of anilines is 1. The average molecular weight is 293 g/mol. The third-order valence-corrected chi connectivity index (χ3v) is 3.11. The summed E-state index contributed by atoms with van der Waals surface area (Å²) < 4.78 is 9.06. The Morgan fingerprint density at radius 2 is 2.20 bits per heavy atom. The fraction of sp³-hybridized carbons (Fsp3) is 0.308. The predicted molar refractivity (Wildman–Crippen MR) is 75.6 cm³/mol. The molecule has 0 aliphatic heterocycles. The topological polar surface area (TPSA) is 84.3 Å². The van der Waals surface area contributed by atoms with E-state index in [4.69, 9.17) is 4.74 Å². The number of aromatic nitrogens is 2. The Balaban J connectivity index is 1.94. The normalized spacial score (nSPS) is 12.1. The summed E-state index contributed by atoms with van der Waals surface area (Å²) in [5, 5.41) is 12.6. The maximum absolute atomic E-state index is 11.9. The Morgan fingerprint density at radius 3 is 2.90 bits per heavy atom. The van der Waals surface area contributed by atoms with E-state index in [1.165, 1.54) is 0 Å². The highest BCUT2D eigenvalue weighted by Gasteiger charge is 2.12. The number of benzene rings is 1. The van der Waals surface area contributed by atoms with Gasteiger partial charge in [-0.25, -0.2) is 4.98 Å². The minimum absolute atomic E-state index is 0.200. The Morgan fingerprint density at radius 1 is 1.45 bits per heavy atom. The van der Waals surface area contributed by atoms with Crippen molar-refractivity contribution in [2.75, 3.05) is 11.9 Å². The molecule has 1 aromatic heterocycles. The number of carbonyl (C=O) groups is 1. The highest BCUT2D eigenvalue weighted by Crippen LogP contribution is 2.14. The fourth-order valence-corrected chi connectivity index (χ4v) is 2.15. The van der Waals surface area contributed by atoms with Crippen LogP contribution in [-0.2, 0) is 11.2 Å². The van der Waals surface area contributed by atoms with Crippen molar-refractivity contribution in [1.82, 2.24) is 9.36 Å². The number of amides is 1. The molecule has 2 aromatic rings. The smallest absolute Gasteiger partial charge is 0.257 e. The minimum atomic E-state index is -0.924. The van der Waals surface area contributed by atoms with Crippen LogP contribution >= 0.6 is 11.5 Å². The highest BCUT2D eigenvalue weighted by molar-refractivity contribution is 7.09. The second-order valence-corrected chi connectivity index (χ2v) is 4.70. The highest BCUT2D eigenvalue weighted by atomic mass is 32.1. The molecule has 7 heteroatoms. The summed E-state index contributed by atoms with van der Waals surface area (Å²) in [5.74, 6) is 0.206. The molecule has 0 fully saturated rings. The summed E-state index contributed by atoms with van der Waals surface area (Å²) in [6, 6.07) is 8.86. The lowest BCUT2D eigenvalue weighted by atomic mass is 10.2. The van der Waals surface area contributed by atoms with Gasteiger partial charge < -0.3 is 9.84 Å². The van der Waals surface area contributed by atoms with Crippen molar-refractivity contribution in [1.29, 1.82) is 0 Å². The predicted octanol–water partition coefficient (Wildman–Crippen LogP) is 1.69. The van der Waals surface area contributed by atoms with Crippen LogP contribution in [0.5, 0.6) is 0 Å². The van der Waals surface area contributed by atoms with Gasteiger partial charge in [0.25, 0.3) is 5.91 Å². The molecular formula is C13H15N3O3S. The lowest BCUT2D eigenvalue weighted by Crippen LogP contribution is -2.16. The zero-order chi connectivity index (χ0) is 14.4. The maximum Gasteiger partial charge on any atom is 0.257 e. The summed E-state index contributed by atoms with van der Waals surface area (Å²) in [7, 11) is 0. The number of nitrogens with zero attached hydrogens (tertiary/aromatic N) is 2. The van der Waals surface area contributed by atoms with Crippen LogP contribution in [-0.4, -0.2) is 33.3 Å². The molecule has 106 valence electrons. The van der Waals surface area contributed by atoms with Crippen LogP contribution in [0.15, 0.2) is 30.3 Å². The monoisotopic (exact) mass is 293 g/mol. The summed E-state index contributed by atoms with van der Waals surface area (Å²) in [4.78, 5) is 16.0. The second-order valence-electron chi connectivity index (χ2n) is 3.95. The Bertz CT molecular complexity index is 559. The SMILES string of the molecule is CCOC(O)Cc1nsc(NC(=O)c2ccccc2)n1. The molecule has 0 saturated carbocycles. The molecule has 2 rings (SSSR count). The van der Waals surface area contributed by atoms with Crippen molar-refractivity contribution in [2.24, 2.45) is 0 Å². The van der Waals surface area contributed by atoms with Gasteiger partial charge in [0.2, 0.25) is 5.13 Å². The van der Waals surface area contributed by atoms with Crippen molar-refractivity contribution < 1.29 is 14.6 Å². The maximum atomic E-state index is 11.9. The molecule has 0 aliphatic carbocycles. The first-order valence-electron chi connectivity index (χ1n) is 6.17. The fourth-order valence-electron chi connectivity index (χ4n) is 1.55. The minimum Gasteiger partial charge on any atom is -0.368 e. The molecule has 0 radical (unpaired) electrons.